The lowest BCUT2D eigenvalue weighted by molar-refractivity contribution is 0.414. The van der Waals surface area contributed by atoms with Crippen LogP contribution in [0.5, 0.6) is 5.75 Å². The average Bonchev–Trinajstić information content (AvgIpc) is 2.63. The van der Waals surface area contributed by atoms with Crippen molar-refractivity contribution in [2.45, 2.75) is 12.2 Å². The zero-order valence-electron chi connectivity index (χ0n) is 14.0. The largest absolute Gasteiger partial charge is 0.497 e. The Morgan fingerprint density at radius 3 is 1.62 bits per heavy atom. The van der Waals surface area contributed by atoms with Crippen molar-refractivity contribution in [3.63, 3.8) is 0 Å². The van der Waals surface area contributed by atoms with Crippen molar-refractivity contribution in [2.24, 2.45) is 5.73 Å². The summed E-state index contributed by atoms with van der Waals surface area (Å²) < 4.78 is 5.28. The van der Waals surface area contributed by atoms with Gasteiger partial charge in [-0.25, -0.2) is 0 Å². The molecule has 3 rings (SSSR count). The summed E-state index contributed by atoms with van der Waals surface area (Å²) in [6.07, 6.45) is 0. The van der Waals surface area contributed by atoms with Gasteiger partial charge in [-0.3, -0.25) is 0 Å². The van der Waals surface area contributed by atoms with Crippen LogP contribution in [-0.2, 0) is 5.28 Å². The lowest BCUT2D eigenvalue weighted by Crippen LogP contribution is -2.38. The van der Waals surface area contributed by atoms with Crippen molar-refractivity contribution in [2.75, 3.05) is 7.11 Å². The first-order chi connectivity index (χ1) is 11.6. The Balaban J connectivity index is 2.09. The molecule has 3 aromatic rings. The average molecular weight is 335 g/mol. The van der Waals surface area contributed by atoms with E-state index in [2.05, 4.69) is 67.6 Å². The second-order valence-electron chi connectivity index (χ2n) is 5.88. The molecule has 0 spiro atoms. The predicted octanol–water partition coefficient (Wildman–Crippen LogP) is 3.96. The minimum Gasteiger partial charge on any atom is -0.497 e. The monoisotopic (exact) mass is 335 g/mol. The zero-order chi connectivity index (χ0) is 17.0. The Morgan fingerprint density at radius 2 is 1.21 bits per heavy atom. The molecule has 2 nitrogen and oxygen atoms in total. The van der Waals surface area contributed by atoms with Crippen molar-refractivity contribution in [3.05, 3.63) is 90.5 Å². The van der Waals surface area contributed by atoms with Gasteiger partial charge in [0.15, 0.2) is 0 Å². The summed E-state index contributed by atoms with van der Waals surface area (Å²) in [5.74, 6) is 0.846. The lowest BCUT2D eigenvalue weighted by atomic mass is 10.1. The third-order valence-corrected chi connectivity index (χ3v) is 6.98. The highest BCUT2D eigenvalue weighted by molar-refractivity contribution is 7.73. The Morgan fingerprint density at radius 1 is 0.750 bits per heavy atom. The Hall–Kier alpha value is -2.15. The van der Waals surface area contributed by atoms with Crippen molar-refractivity contribution < 1.29 is 4.74 Å². The molecule has 0 saturated heterocycles. The van der Waals surface area contributed by atoms with Crippen LogP contribution >= 0.6 is 7.92 Å². The summed E-state index contributed by atoms with van der Waals surface area (Å²) in [6, 6.07) is 29.2. The summed E-state index contributed by atoms with van der Waals surface area (Å²) in [4.78, 5) is 0. The van der Waals surface area contributed by atoms with Gasteiger partial charge in [0.05, 0.1) is 12.4 Å². The quantitative estimate of drug-likeness (QED) is 0.716. The van der Waals surface area contributed by atoms with Gasteiger partial charge in [-0.15, -0.1) is 0 Å². The summed E-state index contributed by atoms with van der Waals surface area (Å²) in [7, 11) is 0.931. The summed E-state index contributed by atoms with van der Waals surface area (Å²) >= 11 is 0. The fourth-order valence-electron chi connectivity index (χ4n) is 2.90. The highest BCUT2D eigenvalue weighted by Crippen LogP contribution is 2.50. The maximum atomic E-state index is 6.93. The van der Waals surface area contributed by atoms with Crippen LogP contribution in [0.3, 0.4) is 0 Å². The number of rotatable bonds is 5. The molecule has 0 radical (unpaired) electrons. The van der Waals surface area contributed by atoms with Crippen LogP contribution in [0.15, 0.2) is 84.9 Å². The van der Waals surface area contributed by atoms with Gasteiger partial charge >= 0.3 is 0 Å². The number of ether oxygens (including phenoxy) is 1. The molecule has 0 aromatic heterocycles. The molecular weight excluding hydrogens is 313 g/mol. The van der Waals surface area contributed by atoms with Crippen molar-refractivity contribution in [3.8, 4) is 5.75 Å². The fraction of sp³-hybridized carbons (Fsp3) is 0.143. The second-order valence-corrected chi connectivity index (χ2v) is 8.52. The molecule has 0 bridgehead atoms. The number of nitrogens with two attached hydrogens (primary N) is 1. The van der Waals surface area contributed by atoms with Gasteiger partial charge in [-0.2, -0.15) is 0 Å². The number of hydrogen-bond donors (Lipinski definition) is 1. The smallest absolute Gasteiger partial charge is 0.118 e. The molecule has 0 aliphatic heterocycles. The van der Waals surface area contributed by atoms with E-state index in [0.717, 1.165) is 11.3 Å². The Kier molecular flexibility index (Phi) is 4.99. The number of hydrogen-bond acceptors (Lipinski definition) is 2. The number of benzene rings is 3. The molecule has 0 heterocycles. The molecular formula is C21H22NOP. The van der Waals surface area contributed by atoms with E-state index in [4.69, 9.17) is 10.5 Å². The highest BCUT2D eigenvalue weighted by Gasteiger charge is 2.34. The predicted molar refractivity (Wildman–Crippen MR) is 104 cm³/mol. The SMILES string of the molecule is COc1ccc([C@](C)(N)P(c2ccccc2)c2ccccc2)cc1. The van der Waals surface area contributed by atoms with E-state index in [0.29, 0.717) is 0 Å². The van der Waals surface area contributed by atoms with E-state index in [1.807, 2.05) is 24.3 Å². The molecule has 0 saturated carbocycles. The van der Waals surface area contributed by atoms with E-state index >= 15 is 0 Å². The van der Waals surface area contributed by atoms with Crippen LogP contribution in [0, 0.1) is 0 Å². The van der Waals surface area contributed by atoms with Gasteiger partial charge in [-0.05, 0) is 43.2 Å². The standard InChI is InChI=1S/C21H22NOP/c1-21(22,17-13-15-18(23-2)16-14-17)24(19-9-5-3-6-10-19)20-11-7-4-8-12-20/h3-16H,22H2,1-2H3/t21-/m1/s1. The van der Waals surface area contributed by atoms with Crippen molar-refractivity contribution in [1.82, 2.24) is 0 Å². The minimum absolute atomic E-state index is 0.482. The van der Waals surface area contributed by atoms with Crippen LogP contribution in [0.4, 0.5) is 0 Å². The highest BCUT2D eigenvalue weighted by atomic mass is 31.1. The molecule has 24 heavy (non-hydrogen) atoms. The molecule has 0 aliphatic rings. The Bertz CT molecular complexity index is 730. The summed E-state index contributed by atoms with van der Waals surface area (Å²) in [5.41, 5.74) is 8.04. The fourth-order valence-corrected chi connectivity index (χ4v) is 5.62. The van der Waals surface area contributed by atoms with E-state index < -0.39 is 13.2 Å². The van der Waals surface area contributed by atoms with Crippen LogP contribution < -0.4 is 21.1 Å². The van der Waals surface area contributed by atoms with E-state index in [1.54, 1.807) is 7.11 Å². The molecule has 3 aromatic carbocycles. The van der Waals surface area contributed by atoms with Gasteiger partial charge in [0.2, 0.25) is 0 Å². The van der Waals surface area contributed by atoms with Gasteiger partial charge in [0.1, 0.15) is 5.75 Å². The molecule has 0 fully saturated rings. The van der Waals surface area contributed by atoms with Gasteiger partial charge in [-0.1, -0.05) is 72.8 Å². The van der Waals surface area contributed by atoms with Crippen molar-refractivity contribution in [1.29, 1.82) is 0 Å². The molecule has 2 N–H and O–H groups in total. The summed E-state index contributed by atoms with van der Waals surface area (Å²) in [6.45, 7) is 2.13. The zero-order valence-corrected chi connectivity index (χ0v) is 14.9. The van der Waals surface area contributed by atoms with Crippen LogP contribution in [-0.4, -0.2) is 7.11 Å². The first-order valence-corrected chi connectivity index (χ1v) is 9.31. The second kappa shape index (κ2) is 7.17. The van der Waals surface area contributed by atoms with Crippen molar-refractivity contribution >= 4 is 18.5 Å². The molecule has 3 heteroatoms. The lowest BCUT2D eigenvalue weighted by Gasteiger charge is -2.36. The Labute approximate surface area is 145 Å². The normalized spacial score (nSPS) is 13.5. The first-order valence-electron chi connectivity index (χ1n) is 7.96. The number of methoxy groups -OCH3 is 1. The first kappa shape index (κ1) is 16.7. The third-order valence-electron chi connectivity index (χ3n) is 4.17. The molecule has 0 amide bonds. The van der Waals surface area contributed by atoms with Crippen LogP contribution in [0.1, 0.15) is 12.5 Å². The summed E-state index contributed by atoms with van der Waals surface area (Å²) in [5, 5.41) is 2.07. The van der Waals surface area contributed by atoms with Crippen LogP contribution in [0.25, 0.3) is 0 Å². The maximum Gasteiger partial charge on any atom is 0.118 e. The minimum atomic E-state index is -0.747. The van der Waals surface area contributed by atoms with E-state index in [1.165, 1.54) is 10.6 Å². The third kappa shape index (κ3) is 3.36. The van der Waals surface area contributed by atoms with E-state index in [9.17, 15) is 0 Å². The molecule has 0 unspecified atom stereocenters. The topological polar surface area (TPSA) is 35.2 Å². The van der Waals surface area contributed by atoms with Crippen LogP contribution in [0.2, 0.25) is 0 Å². The van der Waals surface area contributed by atoms with E-state index in [-0.39, 0.29) is 0 Å². The van der Waals surface area contributed by atoms with Gasteiger partial charge in [0, 0.05) is 0 Å². The molecule has 122 valence electrons. The van der Waals surface area contributed by atoms with Gasteiger partial charge in [0.25, 0.3) is 0 Å². The van der Waals surface area contributed by atoms with Gasteiger partial charge < -0.3 is 10.5 Å². The molecule has 1 atom stereocenters. The maximum absolute atomic E-state index is 6.93. The molecule has 0 aliphatic carbocycles.